The van der Waals surface area contributed by atoms with Crippen molar-refractivity contribution in [2.24, 2.45) is 0 Å². The topological polar surface area (TPSA) is 32.3 Å². The zero-order valence-corrected chi connectivity index (χ0v) is 11.8. The minimum absolute atomic E-state index is 0.161. The van der Waals surface area contributed by atoms with Crippen molar-refractivity contribution in [1.82, 2.24) is 5.32 Å². The van der Waals surface area contributed by atoms with Gasteiger partial charge in [0.1, 0.15) is 0 Å². The molecule has 0 aliphatic heterocycles. The summed E-state index contributed by atoms with van der Waals surface area (Å²) in [6.45, 7) is 7.35. The molecule has 0 radical (unpaired) electrons. The molecule has 0 spiro atoms. The fourth-order valence-electron chi connectivity index (χ4n) is 2.80. The number of hydrogen-bond donors (Lipinski definition) is 2. The maximum Gasteiger partial charge on any atom is 0.0693 e. The smallest absolute Gasteiger partial charge is 0.0693 e. The molecular weight excluding hydrogens is 222 g/mol. The molecule has 2 unspecified atom stereocenters. The van der Waals surface area contributed by atoms with Gasteiger partial charge < -0.3 is 10.4 Å². The number of hydrogen-bond acceptors (Lipinski definition) is 2. The minimum Gasteiger partial charge on any atom is -0.392 e. The van der Waals surface area contributed by atoms with E-state index in [1.54, 1.807) is 0 Å². The molecule has 1 saturated carbocycles. The number of aliphatic hydroxyl groups is 1. The van der Waals surface area contributed by atoms with Gasteiger partial charge in [0, 0.05) is 12.6 Å². The minimum atomic E-state index is -0.161. The zero-order valence-electron chi connectivity index (χ0n) is 11.8. The highest BCUT2D eigenvalue weighted by Gasteiger charge is 2.22. The molecule has 1 fully saturated rings. The second kappa shape index (κ2) is 5.85. The van der Waals surface area contributed by atoms with Gasteiger partial charge in [-0.15, -0.1) is 0 Å². The van der Waals surface area contributed by atoms with Crippen LogP contribution in [0.5, 0.6) is 0 Å². The molecule has 1 aliphatic carbocycles. The summed E-state index contributed by atoms with van der Waals surface area (Å²) < 4.78 is 0. The molecule has 2 heteroatoms. The van der Waals surface area contributed by atoms with Gasteiger partial charge in [-0.3, -0.25) is 0 Å². The predicted molar refractivity (Wildman–Crippen MR) is 75.8 cm³/mol. The second-order valence-electron chi connectivity index (χ2n) is 5.70. The summed E-state index contributed by atoms with van der Waals surface area (Å²) in [4.78, 5) is 0. The van der Waals surface area contributed by atoms with Crippen molar-refractivity contribution in [2.75, 3.05) is 0 Å². The predicted octanol–water partition coefficient (Wildman–Crippen LogP) is 3.00. The van der Waals surface area contributed by atoms with Gasteiger partial charge in [0.25, 0.3) is 0 Å². The highest BCUT2D eigenvalue weighted by Crippen LogP contribution is 2.20. The van der Waals surface area contributed by atoms with Crippen LogP contribution in [0.3, 0.4) is 0 Å². The van der Waals surface area contributed by atoms with E-state index in [1.165, 1.54) is 35.1 Å². The summed E-state index contributed by atoms with van der Waals surface area (Å²) in [5.74, 6) is 0. The quantitative estimate of drug-likeness (QED) is 0.860. The van der Waals surface area contributed by atoms with E-state index in [0.717, 1.165) is 19.4 Å². The number of rotatable bonds is 3. The normalized spacial score (nSPS) is 24.2. The van der Waals surface area contributed by atoms with Gasteiger partial charge in [-0.1, -0.05) is 25.0 Å². The van der Waals surface area contributed by atoms with Gasteiger partial charge in [0.15, 0.2) is 0 Å². The number of aryl methyl sites for hydroxylation is 3. The Hall–Kier alpha value is -0.860. The van der Waals surface area contributed by atoms with Gasteiger partial charge in [-0.25, -0.2) is 0 Å². The highest BCUT2D eigenvalue weighted by atomic mass is 16.3. The van der Waals surface area contributed by atoms with Gasteiger partial charge in [0.05, 0.1) is 6.10 Å². The molecule has 0 heterocycles. The first-order chi connectivity index (χ1) is 8.58. The molecule has 1 aromatic carbocycles. The Morgan fingerprint density at radius 3 is 2.44 bits per heavy atom. The summed E-state index contributed by atoms with van der Waals surface area (Å²) in [6, 6.07) is 4.80. The molecule has 0 saturated heterocycles. The Balaban J connectivity index is 1.99. The fourth-order valence-corrected chi connectivity index (χ4v) is 2.80. The van der Waals surface area contributed by atoms with E-state index in [1.807, 2.05) is 0 Å². The third-order valence-corrected chi connectivity index (χ3v) is 4.24. The van der Waals surface area contributed by atoms with Crippen LogP contribution in [0.15, 0.2) is 12.1 Å². The molecule has 0 bridgehead atoms. The van der Waals surface area contributed by atoms with Gasteiger partial charge in [0.2, 0.25) is 0 Å². The van der Waals surface area contributed by atoms with Crippen LogP contribution in [0.25, 0.3) is 0 Å². The number of nitrogens with one attached hydrogen (secondary N) is 1. The number of benzene rings is 1. The van der Waals surface area contributed by atoms with Crippen LogP contribution in [0, 0.1) is 20.8 Å². The van der Waals surface area contributed by atoms with Crippen LogP contribution in [0.4, 0.5) is 0 Å². The summed E-state index contributed by atoms with van der Waals surface area (Å²) in [5.41, 5.74) is 5.40. The summed E-state index contributed by atoms with van der Waals surface area (Å²) in [7, 11) is 0. The van der Waals surface area contributed by atoms with E-state index in [2.05, 4.69) is 38.2 Å². The third-order valence-electron chi connectivity index (χ3n) is 4.24. The molecule has 100 valence electrons. The lowest BCUT2D eigenvalue weighted by Gasteiger charge is -2.28. The standard InChI is InChI=1S/C16H25NO/c1-11-8-13(3)14(9-12(11)2)10-17-15-6-4-5-7-16(15)18/h8-9,15-18H,4-7,10H2,1-3H3. The average molecular weight is 247 g/mol. The van der Waals surface area contributed by atoms with Crippen molar-refractivity contribution in [3.8, 4) is 0 Å². The van der Waals surface area contributed by atoms with Crippen molar-refractivity contribution < 1.29 is 5.11 Å². The summed E-state index contributed by atoms with van der Waals surface area (Å²) >= 11 is 0. The van der Waals surface area contributed by atoms with Gasteiger partial charge in [-0.2, -0.15) is 0 Å². The summed E-state index contributed by atoms with van der Waals surface area (Å²) in [6.07, 6.45) is 4.29. The Bertz CT molecular complexity index is 414. The maximum atomic E-state index is 9.95. The maximum absolute atomic E-state index is 9.95. The van der Waals surface area contributed by atoms with E-state index >= 15 is 0 Å². The van der Waals surface area contributed by atoms with Gasteiger partial charge in [-0.05, 0) is 55.9 Å². The molecule has 0 amide bonds. The number of aliphatic hydroxyl groups excluding tert-OH is 1. The molecule has 2 atom stereocenters. The van der Waals surface area contributed by atoms with Crippen LogP contribution in [-0.2, 0) is 6.54 Å². The van der Waals surface area contributed by atoms with Crippen LogP contribution in [0.1, 0.15) is 47.9 Å². The lowest BCUT2D eigenvalue weighted by Crippen LogP contribution is -2.41. The largest absolute Gasteiger partial charge is 0.392 e. The molecular formula is C16H25NO. The fraction of sp³-hybridized carbons (Fsp3) is 0.625. The van der Waals surface area contributed by atoms with Crippen molar-refractivity contribution in [3.63, 3.8) is 0 Å². The summed E-state index contributed by atoms with van der Waals surface area (Å²) in [5, 5.41) is 13.5. The SMILES string of the molecule is Cc1cc(C)c(CNC2CCCCC2O)cc1C. The van der Waals surface area contributed by atoms with Crippen LogP contribution >= 0.6 is 0 Å². The second-order valence-corrected chi connectivity index (χ2v) is 5.70. The Morgan fingerprint density at radius 1 is 1.06 bits per heavy atom. The Labute approximate surface area is 110 Å². The Morgan fingerprint density at radius 2 is 1.72 bits per heavy atom. The first-order valence-corrected chi connectivity index (χ1v) is 7.06. The van der Waals surface area contributed by atoms with E-state index in [4.69, 9.17) is 0 Å². The molecule has 18 heavy (non-hydrogen) atoms. The zero-order chi connectivity index (χ0) is 13.1. The van der Waals surface area contributed by atoms with E-state index < -0.39 is 0 Å². The van der Waals surface area contributed by atoms with Crippen molar-refractivity contribution in [3.05, 3.63) is 34.4 Å². The van der Waals surface area contributed by atoms with Crippen LogP contribution in [0.2, 0.25) is 0 Å². The molecule has 2 N–H and O–H groups in total. The molecule has 2 rings (SSSR count). The molecule has 1 aliphatic rings. The van der Waals surface area contributed by atoms with E-state index in [9.17, 15) is 5.11 Å². The van der Waals surface area contributed by atoms with Crippen molar-refractivity contribution in [1.29, 1.82) is 0 Å². The van der Waals surface area contributed by atoms with E-state index in [0.29, 0.717) is 0 Å². The van der Waals surface area contributed by atoms with Gasteiger partial charge >= 0.3 is 0 Å². The molecule has 0 aromatic heterocycles. The van der Waals surface area contributed by atoms with Crippen molar-refractivity contribution in [2.45, 2.75) is 65.1 Å². The molecule has 2 nitrogen and oxygen atoms in total. The average Bonchev–Trinajstić information content (AvgIpc) is 2.34. The first kappa shape index (κ1) is 13.6. The van der Waals surface area contributed by atoms with Crippen molar-refractivity contribution >= 4 is 0 Å². The first-order valence-electron chi connectivity index (χ1n) is 7.06. The lowest BCUT2D eigenvalue weighted by molar-refractivity contribution is 0.0902. The lowest BCUT2D eigenvalue weighted by atomic mass is 9.92. The Kier molecular flexibility index (Phi) is 4.41. The van der Waals surface area contributed by atoms with Crippen LogP contribution in [-0.4, -0.2) is 17.3 Å². The van der Waals surface area contributed by atoms with E-state index in [-0.39, 0.29) is 12.1 Å². The molecule has 1 aromatic rings. The highest BCUT2D eigenvalue weighted by molar-refractivity contribution is 5.36. The monoisotopic (exact) mass is 247 g/mol. The third kappa shape index (κ3) is 3.12. The van der Waals surface area contributed by atoms with Crippen LogP contribution < -0.4 is 5.32 Å².